The number of nitrogens with one attached hydrogen (secondary N) is 1. The number of fused-ring (bicyclic) bond motifs is 5. The summed E-state index contributed by atoms with van der Waals surface area (Å²) in [7, 11) is 0. The third kappa shape index (κ3) is 9.39. The van der Waals surface area contributed by atoms with Crippen LogP contribution >= 0.6 is 0 Å². The standard InChI is InChI=1S/C29H38N6O2.C17H22N4/c1-5-10-34(11-6-2)29(37)22-13-20-7-8-21(15-26(20)33-27(30)16-22)28(36)32-24-14-23-18-35(19(3)4)12-9-25(23)31-17-24;1-4-5-10-14-20-15-16(21(14)11(2)3)12-8-6-7-9-13(12)19-17(15)18/h7-8,13-15,17,19H,5-6,9-12,16,18H2,1-4H3,(H2,30,33)(H,32,36);6-9,11H,4-5,10H2,1-3H3,(H2,18,19). The molecule has 0 radical (unpaired) electrons. The van der Waals surface area contributed by atoms with Crippen molar-refractivity contribution in [3.8, 4) is 0 Å². The Morgan fingerprint density at radius 1 is 0.931 bits per heavy atom. The number of rotatable bonds is 12. The van der Waals surface area contributed by atoms with Gasteiger partial charge in [-0.3, -0.25) is 19.5 Å². The van der Waals surface area contributed by atoms with Crippen LogP contribution in [0, 0.1) is 0 Å². The summed E-state index contributed by atoms with van der Waals surface area (Å²) in [5.74, 6) is 1.76. The number of nitrogens with zero attached hydrogens (tertiary/aromatic N) is 7. The van der Waals surface area contributed by atoms with Gasteiger partial charge in [0, 0.05) is 85.3 Å². The number of unbranched alkanes of at least 4 members (excludes halogenated alkanes) is 1. The van der Waals surface area contributed by atoms with Crippen molar-refractivity contribution >= 4 is 62.9 Å². The van der Waals surface area contributed by atoms with E-state index in [1.54, 1.807) is 18.3 Å². The van der Waals surface area contributed by atoms with Gasteiger partial charge in [-0.25, -0.2) is 15.0 Å². The molecule has 58 heavy (non-hydrogen) atoms. The highest BCUT2D eigenvalue weighted by Crippen LogP contribution is 2.32. The molecule has 0 bridgehead atoms. The van der Waals surface area contributed by atoms with Gasteiger partial charge >= 0.3 is 0 Å². The lowest BCUT2D eigenvalue weighted by Gasteiger charge is -2.31. The fraction of sp³-hybridized carbons (Fsp3) is 0.435. The van der Waals surface area contributed by atoms with Crippen LogP contribution < -0.4 is 16.8 Å². The normalized spacial score (nSPS) is 14.0. The Labute approximate surface area is 342 Å². The number of imidazole rings is 1. The Bertz CT molecular complexity index is 2330. The molecular formula is C46H60N10O2. The van der Waals surface area contributed by atoms with Crippen molar-refractivity contribution in [1.29, 1.82) is 0 Å². The van der Waals surface area contributed by atoms with Crippen LogP contribution in [0.5, 0.6) is 0 Å². The summed E-state index contributed by atoms with van der Waals surface area (Å²) in [6.07, 6.45) is 9.86. The summed E-state index contributed by atoms with van der Waals surface area (Å²) < 4.78 is 2.32. The molecule has 2 amide bonds. The van der Waals surface area contributed by atoms with Crippen LogP contribution in [0.4, 0.5) is 17.2 Å². The minimum atomic E-state index is -0.239. The van der Waals surface area contributed by atoms with Crippen LogP contribution in [0.3, 0.4) is 0 Å². The number of carbonyl (C=O) groups excluding carboxylic acids is 2. The number of anilines is 2. The van der Waals surface area contributed by atoms with Crippen molar-refractivity contribution in [3.05, 3.63) is 88.5 Å². The summed E-state index contributed by atoms with van der Waals surface area (Å²) >= 11 is 0. The predicted molar refractivity (Wildman–Crippen MR) is 237 cm³/mol. The number of hydrogen-bond donors (Lipinski definition) is 3. The van der Waals surface area contributed by atoms with Crippen LogP contribution in [0.2, 0.25) is 0 Å². The second-order valence-corrected chi connectivity index (χ2v) is 15.9. The average Bonchev–Trinajstić information content (AvgIpc) is 3.52. The van der Waals surface area contributed by atoms with E-state index in [0.717, 1.165) is 96.2 Å². The second kappa shape index (κ2) is 18.8. The fourth-order valence-corrected chi connectivity index (χ4v) is 7.82. The van der Waals surface area contributed by atoms with E-state index in [1.165, 1.54) is 0 Å². The monoisotopic (exact) mass is 784 g/mol. The number of nitrogen functional groups attached to an aromatic ring is 1. The van der Waals surface area contributed by atoms with E-state index in [-0.39, 0.29) is 18.2 Å². The van der Waals surface area contributed by atoms with E-state index in [2.05, 4.69) is 84.3 Å². The maximum Gasteiger partial charge on any atom is 0.255 e. The molecular weight excluding hydrogens is 725 g/mol. The molecule has 0 atom stereocenters. The second-order valence-electron chi connectivity index (χ2n) is 15.9. The maximum atomic E-state index is 13.2. The number of hydrogen-bond acceptors (Lipinski definition) is 9. The first kappa shape index (κ1) is 42.0. The van der Waals surface area contributed by atoms with Gasteiger partial charge in [-0.05, 0) is 82.9 Å². The Kier molecular flexibility index (Phi) is 13.6. The summed E-state index contributed by atoms with van der Waals surface area (Å²) in [6.45, 7) is 18.4. The maximum absolute atomic E-state index is 13.2. The fourth-order valence-electron chi connectivity index (χ4n) is 7.82. The lowest BCUT2D eigenvalue weighted by Crippen LogP contribution is -2.36. The molecule has 7 rings (SSSR count). The molecule has 0 saturated heterocycles. The zero-order valence-corrected chi connectivity index (χ0v) is 35.3. The van der Waals surface area contributed by atoms with Crippen molar-refractivity contribution in [3.63, 3.8) is 0 Å². The molecule has 2 aliphatic heterocycles. The topological polar surface area (TPSA) is 161 Å². The molecule has 0 fully saturated rings. The highest BCUT2D eigenvalue weighted by Gasteiger charge is 2.23. The van der Waals surface area contributed by atoms with Gasteiger partial charge in [0.05, 0.1) is 28.6 Å². The van der Waals surface area contributed by atoms with Gasteiger partial charge in [-0.1, -0.05) is 51.5 Å². The first-order valence-electron chi connectivity index (χ1n) is 21.0. The smallest absolute Gasteiger partial charge is 0.255 e. The third-order valence-corrected chi connectivity index (χ3v) is 10.8. The molecule has 5 heterocycles. The minimum Gasteiger partial charge on any atom is -0.387 e. The van der Waals surface area contributed by atoms with E-state index in [1.807, 2.05) is 41.3 Å². The zero-order chi connectivity index (χ0) is 41.5. The predicted octanol–water partition coefficient (Wildman–Crippen LogP) is 8.62. The number of amidine groups is 1. The average molecular weight is 785 g/mol. The van der Waals surface area contributed by atoms with E-state index >= 15 is 0 Å². The summed E-state index contributed by atoms with van der Waals surface area (Å²) in [5, 5.41) is 4.11. The van der Waals surface area contributed by atoms with Crippen molar-refractivity contribution < 1.29 is 9.59 Å². The number of benzene rings is 2. The molecule has 0 aliphatic carbocycles. The molecule has 0 saturated carbocycles. The molecule has 5 aromatic rings. The van der Waals surface area contributed by atoms with Crippen LogP contribution in [0.15, 0.2) is 65.3 Å². The van der Waals surface area contributed by atoms with Gasteiger partial charge in [0.25, 0.3) is 5.91 Å². The van der Waals surface area contributed by atoms with E-state index < -0.39 is 0 Å². The van der Waals surface area contributed by atoms with Crippen molar-refractivity contribution in [2.24, 2.45) is 10.7 Å². The molecule has 5 N–H and O–H groups in total. The molecule has 2 aromatic carbocycles. The van der Waals surface area contributed by atoms with Crippen molar-refractivity contribution in [2.45, 2.75) is 112 Å². The Hall–Kier alpha value is -5.62. The number of aliphatic imine (C=N–C) groups is 1. The number of para-hydroxylation sites is 1. The molecule has 306 valence electrons. The summed E-state index contributed by atoms with van der Waals surface area (Å²) in [4.78, 5) is 49.0. The van der Waals surface area contributed by atoms with Crippen molar-refractivity contribution in [2.75, 3.05) is 30.7 Å². The first-order chi connectivity index (χ1) is 27.9. The van der Waals surface area contributed by atoms with Gasteiger partial charge in [-0.15, -0.1) is 0 Å². The highest BCUT2D eigenvalue weighted by molar-refractivity contribution is 6.08. The van der Waals surface area contributed by atoms with E-state index in [0.29, 0.717) is 59.3 Å². The van der Waals surface area contributed by atoms with Crippen LogP contribution in [0.1, 0.15) is 120 Å². The molecule has 12 heteroatoms. The van der Waals surface area contributed by atoms with Gasteiger partial charge in [0.15, 0.2) is 5.82 Å². The Balaban J connectivity index is 0.000000227. The highest BCUT2D eigenvalue weighted by atomic mass is 16.2. The Morgan fingerprint density at radius 3 is 2.40 bits per heavy atom. The largest absolute Gasteiger partial charge is 0.387 e. The molecule has 0 unspecified atom stereocenters. The van der Waals surface area contributed by atoms with Crippen LogP contribution in [-0.4, -0.2) is 72.6 Å². The zero-order valence-electron chi connectivity index (χ0n) is 35.3. The number of carbonyl (C=O) groups is 2. The number of aryl methyl sites for hydroxylation is 1. The summed E-state index contributed by atoms with van der Waals surface area (Å²) in [5.41, 5.74) is 20.6. The van der Waals surface area contributed by atoms with E-state index in [9.17, 15) is 9.59 Å². The number of pyridine rings is 2. The molecule has 12 nitrogen and oxygen atoms in total. The lowest BCUT2D eigenvalue weighted by molar-refractivity contribution is -0.127. The van der Waals surface area contributed by atoms with Crippen LogP contribution in [0.25, 0.3) is 28.0 Å². The summed E-state index contributed by atoms with van der Waals surface area (Å²) in [6, 6.07) is 16.3. The minimum absolute atomic E-state index is 0.00698. The van der Waals surface area contributed by atoms with Crippen molar-refractivity contribution in [1.82, 2.24) is 29.3 Å². The SMILES string of the molecule is CCCCc1nc2c(N)nc3ccccc3c2n1C(C)C.CCCN(CCC)C(=O)C1=Cc2ccc(C(=O)Nc3cnc4c(c3)CN(C(C)C)CC4)cc2N=C(N)C1. The number of nitrogens with two attached hydrogens (primary N) is 2. The van der Waals surface area contributed by atoms with Gasteiger partial charge in [0.2, 0.25) is 5.91 Å². The van der Waals surface area contributed by atoms with Gasteiger partial charge in [-0.2, -0.15) is 0 Å². The van der Waals surface area contributed by atoms with Gasteiger partial charge in [0.1, 0.15) is 17.2 Å². The quantitative estimate of drug-likeness (QED) is 0.113. The molecule has 2 aliphatic rings. The molecule has 3 aromatic heterocycles. The lowest BCUT2D eigenvalue weighted by atomic mass is 10.0. The van der Waals surface area contributed by atoms with Crippen LogP contribution in [-0.2, 0) is 24.2 Å². The first-order valence-corrected chi connectivity index (χ1v) is 21.0. The number of amides is 2. The van der Waals surface area contributed by atoms with Gasteiger partial charge < -0.3 is 26.3 Å². The molecule has 0 spiro atoms. The Morgan fingerprint density at radius 2 is 1.69 bits per heavy atom. The van der Waals surface area contributed by atoms with E-state index in [4.69, 9.17) is 16.5 Å². The number of aromatic nitrogens is 4. The third-order valence-electron chi connectivity index (χ3n) is 10.8.